The lowest BCUT2D eigenvalue weighted by molar-refractivity contribution is 0.600. The summed E-state index contributed by atoms with van der Waals surface area (Å²) in [6, 6.07) is 12.6. The molecule has 0 spiro atoms. The van der Waals surface area contributed by atoms with E-state index in [0.717, 1.165) is 42.2 Å². The quantitative estimate of drug-likeness (QED) is 0.401. The molecule has 0 radical (unpaired) electrons. The van der Waals surface area contributed by atoms with Crippen LogP contribution in [0, 0.1) is 0 Å². The van der Waals surface area contributed by atoms with Crippen LogP contribution in [0.3, 0.4) is 0 Å². The summed E-state index contributed by atoms with van der Waals surface area (Å²) >= 11 is 5.96. The maximum Gasteiger partial charge on any atom is 0.236 e. The van der Waals surface area contributed by atoms with Crippen LogP contribution in [0.2, 0.25) is 5.02 Å². The average molecular weight is 498 g/mol. The number of aromatic nitrogens is 4. The number of fused-ring (bicyclic) bond motifs is 1. The summed E-state index contributed by atoms with van der Waals surface area (Å²) in [5.41, 5.74) is 1.87. The van der Waals surface area contributed by atoms with Crippen LogP contribution in [-0.4, -0.2) is 54.5 Å². The van der Waals surface area contributed by atoms with Gasteiger partial charge in [-0.25, -0.2) is 23.4 Å². The predicted octanol–water partition coefficient (Wildman–Crippen LogP) is 3.66. The Morgan fingerprint density at radius 1 is 1.21 bits per heavy atom. The second kappa shape index (κ2) is 9.11. The molecule has 0 saturated carbocycles. The Labute approximate surface area is 202 Å². The van der Waals surface area contributed by atoms with Crippen molar-refractivity contribution in [2.75, 3.05) is 34.7 Å². The second-order valence-corrected chi connectivity index (χ2v) is 10.5. The SMILES string of the molecule is CN(c1ccc(NS(=O)(=O)Cc2cccc(Cl)c2)cn1)[C@@H]1CCN(c2ncnc3[nH]ccc23)C1. The molecule has 1 atom stereocenters. The minimum atomic E-state index is -3.59. The van der Waals surface area contributed by atoms with Gasteiger partial charge in [0.05, 0.1) is 23.0 Å². The third kappa shape index (κ3) is 4.78. The molecule has 0 unspecified atom stereocenters. The van der Waals surface area contributed by atoms with Crippen LogP contribution in [0.15, 0.2) is 61.2 Å². The summed E-state index contributed by atoms with van der Waals surface area (Å²) in [5, 5.41) is 1.52. The zero-order chi connectivity index (χ0) is 23.7. The van der Waals surface area contributed by atoms with Crippen LogP contribution in [0.1, 0.15) is 12.0 Å². The van der Waals surface area contributed by atoms with E-state index in [9.17, 15) is 8.42 Å². The number of H-pyrrole nitrogens is 1. The van der Waals surface area contributed by atoms with E-state index in [0.29, 0.717) is 16.3 Å². The Morgan fingerprint density at radius 2 is 2.09 bits per heavy atom. The molecular formula is C23H24ClN7O2S. The fourth-order valence-corrected chi connectivity index (χ4v) is 5.65. The summed E-state index contributed by atoms with van der Waals surface area (Å²) in [5.74, 6) is 1.54. The Balaban J connectivity index is 1.23. The lowest BCUT2D eigenvalue weighted by Gasteiger charge is -2.26. The maximum atomic E-state index is 12.5. The summed E-state index contributed by atoms with van der Waals surface area (Å²) < 4.78 is 27.7. The largest absolute Gasteiger partial charge is 0.355 e. The number of halogens is 1. The van der Waals surface area contributed by atoms with E-state index in [1.54, 1.807) is 42.9 Å². The van der Waals surface area contributed by atoms with Crippen LogP contribution in [-0.2, 0) is 15.8 Å². The maximum absolute atomic E-state index is 12.5. The first-order chi connectivity index (χ1) is 16.4. The van der Waals surface area contributed by atoms with Crippen LogP contribution >= 0.6 is 11.6 Å². The van der Waals surface area contributed by atoms with Crippen molar-refractivity contribution < 1.29 is 8.42 Å². The molecule has 1 saturated heterocycles. The van der Waals surface area contributed by atoms with Gasteiger partial charge < -0.3 is 14.8 Å². The van der Waals surface area contributed by atoms with Crippen molar-refractivity contribution in [3.8, 4) is 0 Å². The van der Waals surface area contributed by atoms with Crippen molar-refractivity contribution in [3.05, 3.63) is 71.8 Å². The first kappa shape index (κ1) is 22.4. The molecule has 11 heteroatoms. The molecule has 4 aromatic rings. The fourth-order valence-electron chi connectivity index (χ4n) is 4.26. The number of sulfonamides is 1. The molecule has 0 bridgehead atoms. The number of likely N-dealkylation sites (N-methyl/N-ethyl adjacent to an activating group) is 1. The van der Waals surface area contributed by atoms with E-state index in [-0.39, 0.29) is 11.8 Å². The Hall–Kier alpha value is -3.37. The lowest BCUT2D eigenvalue weighted by Crippen LogP contribution is -2.35. The molecule has 5 rings (SSSR count). The van der Waals surface area contributed by atoms with Gasteiger partial charge in [-0.1, -0.05) is 23.7 Å². The monoisotopic (exact) mass is 497 g/mol. The molecule has 3 aromatic heterocycles. The van der Waals surface area contributed by atoms with Gasteiger partial charge in [0, 0.05) is 37.4 Å². The zero-order valence-electron chi connectivity index (χ0n) is 18.5. The van der Waals surface area contributed by atoms with E-state index < -0.39 is 10.0 Å². The number of nitrogens with zero attached hydrogens (tertiary/aromatic N) is 5. The first-order valence-corrected chi connectivity index (χ1v) is 12.9. The van der Waals surface area contributed by atoms with Gasteiger partial charge in [-0.15, -0.1) is 0 Å². The Bertz CT molecular complexity index is 1410. The minimum absolute atomic E-state index is 0.162. The van der Waals surface area contributed by atoms with Crippen LogP contribution in [0.4, 0.5) is 17.3 Å². The van der Waals surface area contributed by atoms with Crippen molar-refractivity contribution in [3.63, 3.8) is 0 Å². The molecule has 0 aliphatic carbocycles. The van der Waals surface area contributed by atoms with E-state index in [1.807, 2.05) is 25.4 Å². The highest BCUT2D eigenvalue weighted by molar-refractivity contribution is 7.91. The highest BCUT2D eigenvalue weighted by Crippen LogP contribution is 2.28. The van der Waals surface area contributed by atoms with E-state index in [1.165, 1.54) is 0 Å². The number of hydrogen-bond donors (Lipinski definition) is 2. The number of rotatable bonds is 7. The van der Waals surface area contributed by atoms with Gasteiger partial charge in [-0.05, 0) is 42.3 Å². The van der Waals surface area contributed by atoms with Gasteiger partial charge in [0.25, 0.3) is 0 Å². The molecule has 1 aliphatic heterocycles. The van der Waals surface area contributed by atoms with E-state index in [2.05, 4.69) is 34.5 Å². The Kier molecular flexibility index (Phi) is 6.01. The number of anilines is 3. The molecule has 176 valence electrons. The molecule has 34 heavy (non-hydrogen) atoms. The van der Waals surface area contributed by atoms with Crippen LogP contribution in [0.25, 0.3) is 11.0 Å². The topological polar surface area (TPSA) is 107 Å². The zero-order valence-corrected chi connectivity index (χ0v) is 20.1. The highest BCUT2D eigenvalue weighted by atomic mass is 35.5. The molecule has 1 aromatic carbocycles. The van der Waals surface area contributed by atoms with Gasteiger partial charge in [-0.3, -0.25) is 4.72 Å². The number of benzene rings is 1. The van der Waals surface area contributed by atoms with E-state index >= 15 is 0 Å². The molecule has 0 amide bonds. The van der Waals surface area contributed by atoms with Gasteiger partial charge in [0.2, 0.25) is 10.0 Å². The van der Waals surface area contributed by atoms with Crippen LogP contribution < -0.4 is 14.5 Å². The fraction of sp³-hybridized carbons (Fsp3) is 0.261. The van der Waals surface area contributed by atoms with Gasteiger partial charge in [-0.2, -0.15) is 0 Å². The number of hydrogen-bond acceptors (Lipinski definition) is 7. The van der Waals surface area contributed by atoms with Crippen molar-refractivity contribution in [2.24, 2.45) is 0 Å². The first-order valence-electron chi connectivity index (χ1n) is 10.8. The smallest absolute Gasteiger partial charge is 0.236 e. The van der Waals surface area contributed by atoms with Crippen molar-refractivity contribution in [1.82, 2.24) is 19.9 Å². The van der Waals surface area contributed by atoms with Crippen LogP contribution in [0.5, 0.6) is 0 Å². The summed E-state index contributed by atoms with van der Waals surface area (Å²) in [7, 11) is -1.58. The summed E-state index contributed by atoms with van der Waals surface area (Å²) in [6.07, 6.45) is 5.96. The highest BCUT2D eigenvalue weighted by Gasteiger charge is 2.28. The van der Waals surface area contributed by atoms with E-state index in [4.69, 9.17) is 11.6 Å². The third-order valence-corrected chi connectivity index (χ3v) is 7.47. The molecular weight excluding hydrogens is 474 g/mol. The number of aromatic amines is 1. The summed E-state index contributed by atoms with van der Waals surface area (Å²) in [4.78, 5) is 20.8. The number of pyridine rings is 1. The molecule has 4 heterocycles. The van der Waals surface area contributed by atoms with Crippen molar-refractivity contribution in [1.29, 1.82) is 0 Å². The summed E-state index contributed by atoms with van der Waals surface area (Å²) in [6.45, 7) is 1.69. The van der Waals surface area contributed by atoms with Gasteiger partial charge >= 0.3 is 0 Å². The average Bonchev–Trinajstić information content (AvgIpc) is 3.48. The minimum Gasteiger partial charge on any atom is -0.355 e. The Morgan fingerprint density at radius 3 is 2.88 bits per heavy atom. The molecule has 1 aliphatic rings. The lowest BCUT2D eigenvalue weighted by atomic mass is 10.2. The van der Waals surface area contributed by atoms with Crippen molar-refractivity contribution >= 4 is 50.0 Å². The molecule has 1 fully saturated rings. The normalized spacial score (nSPS) is 16.2. The predicted molar refractivity (Wildman–Crippen MR) is 135 cm³/mol. The molecule has 9 nitrogen and oxygen atoms in total. The van der Waals surface area contributed by atoms with Gasteiger partial charge in [0.15, 0.2) is 0 Å². The van der Waals surface area contributed by atoms with Gasteiger partial charge in [0.1, 0.15) is 23.6 Å². The third-order valence-electron chi connectivity index (χ3n) is 5.97. The molecule has 2 N–H and O–H groups in total. The standard InChI is InChI=1S/C23H24ClN7O2S/c1-30(19-8-10-31(13-19)23-20-7-9-25-22(20)27-15-28-23)21-6-5-18(12-26-21)29-34(32,33)14-16-3-2-4-17(24)11-16/h2-7,9,11-12,15,19,29H,8,10,13-14H2,1H3,(H,25,27,28)/t19-/m1/s1. The second-order valence-electron chi connectivity index (χ2n) is 8.33. The van der Waals surface area contributed by atoms with Crippen molar-refractivity contribution in [2.45, 2.75) is 18.2 Å². The number of nitrogens with one attached hydrogen (secondary N) is 2.